The number of ether oxygens (including phenoxy) is 2. The Balaban J connectivity index is 2.75. The third kappa shape index (κ3) is 3.80. The maximum absolute atomic E-state index is 11.7. The largest absolute Gasteiger partial charge is 0.500 e. The van der Waals surface area contributed by atoms with Crippen molar-refractivity contribution in [2.24, 2.45) is 0 Å². The predicted octanol–water partition coefficient (Wildman–Crippen LogP) is 2.98. The first kappa shape index (κ1) is 14.1. The van der Waals surface area contributed by atoms with E-state index in [4.69, 9.17) is 9.47 Å². The number of methoxy groups -OCH3 is 1. The average molecular weight is 249 g/mol. The van der Waals surface area contributed by atoms with Crippen LogP contribution < -0.4 is 0 Å². The van der Waals surface area contributed by atoms with Gasteiger partial charge in [0.25, 0.3) is 0 Å². The van der Waals surface area contributed by atoms with Gasteiger partial charge in [-0.05, 0) is 12.5 Å². The normalized spacial score (nSPS) is 11.4. The molecule has 1 aromatic carbocycles. The molecule has 0 spiro atoms. The minimum Gasteiger partial charge on any atom is -0.500 e. The first-order valence-corrected chi connectivity index (χ1v) is 5.82. The van der Waals surface area contributed by atoms with Crippen molar-refractivity contribution < 1.29 is 14.3 Å². The second kappa shape index (κ2) is 7.37. The zero-order chi connectivity index (χ0) is 13.4. The molecule has 0 aromatic heterocycles. The summed E-state index contributed by atoms with van der Waals surface area (Å²) in [7, 11) is 1.38. The van der Waals surface area contributed by atoms with Crippen LogP contribution in [0.4, 0.5) is 4.79 Å². The number of nitrogens with zero attached hydrogens (tertiary/aromatic N) is 1. The molecule has 0 N–H and O–H groups in total. The highest BCUT2D eigenvalue weighted by molar-refractivity contribution is 5.68. The Morgan fingerprint density at radius 3 is 2.67 bits per heavy atom. The van der Waals surface area contributed by atoms with E-state index in [1.807, 2.05) is 37.3 Å². The predicted molar refractivity (Wildman–Crippen MR) is 70.1 cm³/mol. The zero-order valence-electron chi connectivity index (χ0n) is 10.8. The second-order valence-electron chi connectivity index (χ2n) is 3.79. The van der Waals surface area contributed by atoms with Gasteiger partial charge in [0.2, 0.25) is 0 Å². The van der Waals surface area contributed by atoms with Crippen LogP contribution >= 0.6 is 0 Å². The van der Waals surface area contributed by atoms with Gasteiger partial charge in [-0.3, -0.25) is 4.90 Å². The lowest BCUT2D eigenvalue weighted by molar-refractivity contribution is 0.0939. The third-order valence-corrected chi connectivity index (χ3v) is 2.73. The van der Waals surface area contributed by atoms with E-state index < -0.39 is 0 Å². The van der Waals surface area contributed by atoms with Crippen LogP contribution in [0.3, 0.4) is 0 Å². The van der Waals surface area contributed by atoms with Crippen LogP contribution in [0.25, 0.3) is 0 Å². The minimum atomic E-state index is -0.362. The Kier molecular flexibility index (Phi) is 5.77. The molecule has 4 heteroatoms. The average Bonchev–Trinajstić information content (AvgIpc) is 2.43. The van der Waals surface area contributed by atoms with E-state index in [0.717, 1.165) is 5.56 Å². The van der Waals surface area contributed by atoms with Crippen molar-refractivity contribution in [3.8, 4) is 0 Å². The Hall–Kier alpha value is -1.97. The number of carbonyl (C=O) groups is 1. The van der Waals surface area contributed by atoms with Gasteiger partial charge in [0.05, 0.1) is 26.0 Å². The monoisotopic (exact) mass is 249 g/mol. The zero-order valence-corrected chi connectivity index (χ0v) is 10.8. The van der Waals surface area contributed by atoms with E-state index in [-0.39, 0.29) is 12.1 Å². The molecule has 18 heavy (non-hydrogen) atoms. The summed E-state index contributed by atoms with van der Waals surface area (Å²) in [6, 6.07) is 9.74. The molecule has 0 fully saturated rings. The molecule has 0 saturated heterocycles. The van der Waals surface area contributed by atoms with Crippen LogP contribution in [0.1, 0.15) is 18.5 Å². The fourth-order valence-electron chi connectivity index (χ4n) is 1.71. The first-order valence-electron chi connectivity index (χ1n) is 5.82. The van der Waals surface area contributed by atoms with Crippen LogP contribution in [-0.4, -0.2) is 31.3 Å². The van der Waals surface area contributed by atoms with E-state index in [1.165, 1.54) is 13.4 Å². The highest BCUT2D eigenvalue weighted by Crippen LogP contribution is 2.20. The molecule has 1 aromatic rings. The van der Waals surface area contributed by atoms with Gasteiger partial charge in [0.15, 0.2) is 0 Å². The van der Waals surface area contributed by atoms with Gasteiger partial charge in [-0.25, -0.2) is 4.79 Å². The van der Waals surface area contributed by atoms with Crippen LogP contribution in [0, 0.1) is 0 Å². The highest BCUT2D eigenvalue weighted by atomic mass is 16.5. The van der Waals surface area contributed by atoms with Crippen molar-refractivity contribution in [1.82, 2.24) is 4.90 Å². The molecular formula is C14H19NO3. The van der Waals surface area contributed by atoms with E-state index in [2.05, 4.69) is 6.58 Å². The Labute approximate surface area is 108 Å². The van der Waals surface area contributed by atoms with Gasteiger partial charge in [0.1, 0.15) is 6.61 Å². The maximum Gasteiger partial charge on any atom is 0.410 e. The van der Waals surface area contributed by atoms with Crippen LogP contribution in [0.5, 0.6) is 0 Å². The van der Waals surface area contributed by atoms with Crippen molar-refractivity contribution >= 4 is 6.09 Å². The van der Waals surface area contributed by atoms with Crippen molar-refractivity contribution in [3.05, 3.63) is 48.7 Å². The lowest BCUT2D eigenvalue weighted by atomic mass is 10.1. The van der Waals surface area contributed by atoms with E-state index in [0.29, 0.717) is 13.2 Å². The standard InChI is InChI=1S/C14H19NO3/c1-4-18-11-10-15(14(16)17-3)12(2)13-8-6-5-7-9-13/h4-9,12H,1,10-11H2,2-3H3. The van der Waals surface area contributed by atoms with Crippen LogP contribution in [-0.2, 0) is 9.47 Å². The van der Waals surface area contributed by atoms with E-state index in [9.17, 15) is 4.79 Å². The SMILES string of the molecule is C=COCCN(C(=O)OC)C(C)c1ccccc1. The van der Waals surface area contributed by atoms with Crippen LogP contribution in [0.2, 0.25) is 0 Å². The number of carbonyl (C=O) groups excluding carboxylic acids is 1. The van der Waals surface area contributed by atoms with Gasteiger partial charge < -0.3 is 9.47 Å². The molecule has 0 aliphatic carbocycles. The lowest BCUT2D eigenvalue weighted by Crippen LogP contribution is -2.36. The summed E-state index contributed by atoms with van der Waals surface area (Å²) in [4.78, 5) is 13.4. The Morgan fingerprint density at radius 2 is 2.11 bits per heavy atom. The number of benzene rings is 1. The van der Waals surface area contributed by atoms with E-state index in [1.54, 1.807) is 4.90 Å². The molecule has 4 nitrogen and oxygen atoms in total. The van der Waals surface area contributed by atoms with Crippen molar-refractivity contribution in [2.45, 2.75) is 13.0 Å². The van der Waals surface area contributed by atoms with Gasteiger partial charge in [-0.2, -0.15) is 0 Å². The van der Waals surface area contributed by atoms with Gasteiger partial charge >= 0.3 is 6.09 Å². The number of amides is 1. The first-order chi connectivity index (χ1) is 8.70. The van der Waals surface area contributed by atoms with Crippen molar-refractivity contribution in [3.63, 3.8) is 0 Å². The smallest absolute Gasteiger partial charge is 0.410 e. The van der Waals surface area contributed by atoms with E-state index >= 15 is 0 Å². The fraction of sp³-hybridized carbons (Fsp3) is 0.357. The third-order valence-electron chi connectivity index (χ3n) is 2.73. The topological polar surface area (TPSA) is 38.8 Å². The quantitative estimate of drug-likeness (QED) is 0.574. The summed E-state index contributed by atoms with van der Waals surface area (Å²) in [6.45, 7) is 6.28. The molecule has 98 valence electrons. The number of rotatable bonds is 6. The highest BCUT2D eigenvalue weighted by Gasteiger charge is 2.21. The summed E-state index contributed by atoms with van der Waals surface area (Å²) in [6.07, 6.45) is 1.00. The molecule has 0 aliphatic rings. The molecule has 1 unspecified atom stereocenters. The summed E-state index contributed by atoms with van der Waals surface area (Å²) in [5.74, 6) is 0. The molecule has 0 bridgehead atoms. The number of hydrogen-bond donors (Lipinski definition) is 0. The molecule has 0 aliphatic heterocycles. The maximum atomic E-state index is 11.7. The molecule has 0 radical (unpaired) electrons. The Bertz CT molecular complexity index is 378. The van der Waals surface area contributed by atoms with Crippen molar-refractivity contribution in [1.29, 1.82) is 0 Å². The minimum absolute atomic E-state index is 0.0629. The molecule has 0 heterocycles. The Morgan fingerprint density at radius 1 is 1.44 bits per heavy atom. The molecule has 0 saturated carbocycles. The van der Waals surface area contributed by atoms with Crippen LogP contribution in [0.15, 0.2) is 43.2 Å². The van der Waals surface area contributed by atoms with Gasteiger partial charge in [0, 0.05) is 0 Å². The lowest BCUT2D eigenvalue weighted by Gasteiger charge is -2.27. The van der Waals surface area contributed by atoms with Gasteiger partial charge in [-0.15, -0.1) is 0 Å². The molecule has 1 amide bonds. The summed E-state index contributed by atoms with van der Waals surface area (Å²) >= 11 is 0. The van der Waals surface area contributed by atoms with Crippen molar-refractivity contribution in [2.75, 3.05) is 20.3 Å². The summed E-state index contributed by atoms with van der Waals surface area (Å²) in [5, 5.41) is 0. The molecule has 1 rings (SSSR count). The summed E-state index contributed by atoms with van der Waals surface area (Å²) < 4.78 is 9.85. The fourth-order valence-corrected chi connectivity index (χ4v) is 1.71. The molecular weight excluding hydrogens is 230 g/mol. The number of hydrogen-bond acceptors (Lipinski definition) is 3. The summed E-state index contributed by atoms with van der Waals surface area (Å²) in [5.41, 5.74) is 1.06. The molecule has 1 atom stereocenters. The van der Waals surface area contributed by atoms with Gasteiger partial charge in [-0.1, -0.05) is 36.9 Å². The second-order valence-corrected chi connectivity index (χ2v) is 3.79.